The first-order valence-corrected chi connectivity index (χ1v) is 5.48. The second-order valence-electron chi connectivity index (χ2n) is 2.94. The Bertz CT molecular complexity index is 408. The van der Waals surface area contributed by atoms with E-state index in [9.17, 15) is 9.18 Å². The van der Waals surface area contributed by atoms with Crippen LogP contribution in [0.4, 0.5) is 10.1 Å². The average molecular weight is 224 g/mol. The van der Waals surface area contributed by atoms with E-state index in [1.807, 2.05) is 0 Å². The highest BCUT2D eigenvalue weighted by Crippen LogP contribution is 2.23. The van der Waals surface area contributed by atoms with Crippen LogP contribution in [-0.2, 0) is 4.79 Å². The standard InChI is InChI=1S/C10H9FN2OS/c11-8-3-1-2-4-9(8)13(7-14)10-12-5-6-15-10/h1-4,7H,5-6H2. The van der Waals surface area contributed by atoms with E-state index in [2.05, 4.69) is 4.99 Å². The maximum Gasteiger partial charge on any atom is 0.220 e. The number of nitrogens with zero attached hydrogens (tertiary/aromatic N) is 2. The molecule has 1 aromatic rings. The van der Waals surface area contributed by atoms with Gasteiger partial charge in [0.1, 0.15) is 5.82 Å². The number of aliphatic imine (C=N–C) groups is 1. The van der Waals surface area contributed by atoms with Gasteiger partial charge in [-0.1, -0.05) is 23.9 Å². The normalized spacial score (nSPS) is 14.9. The van der Waals surface area contributed by atoms with Gasteiger partial charge in [-0.15, -0.1) is 0 Å². The lowest BCUT2D eigenvalue weighted by Crippen LogP contribution is -2.26. The molecule has 0 aliphatic carbocycles. The summed E-state index contributed by atoms with van der Waals surface area (Å²) < 4.78 is 13.4. The van der Waals surface area contributed by atoms with Crippen LogP contribution in [0.2, 0.25) is 0 Å². The van der Waals surface area contributed by atoms with Crippen LogP contribution >= 0.6 is 11.8 Å². The molecule has 2 rings (SSSR count). The average Bonchev–Trinajstić information content (AvgIpc) is 2.75. The molecule has 1 amide bonds. The summed E-state index contributed by atoms with van der Waals surface area (Å²) in [5.41, 5.74) is 0.251. The van der Waals surface area contributed by atoms with Crippen LogP contribution in [0, 0.1) is 5.82 Å². The van der Waals surface area contributed by atoms with E-state index in [1.54, 1.807) is 18.2 Å². The monoisotopic (exact) mass is 224 g/mol. The lowest BCUT2D eigenvalue weighted by molar-refractivity contribution is -0.106. The van der Waals surface area contributed by atoms with Crippen LogP contribution in [-0.4, -0.2) is 23.9 Å². The van der Waals surface area contributed by atoms with Gasteiger partial charge in [-0.25, -0.2) is 4.39 Å². The molecular weight excluding hydrogens is 215 g/mol. The van der Waals surface area contributed by atoms with Gasteiger partial charge < -0.3 is 0 Å². The number of carbonyl (C=O) groups is 1. The summed E-state index contributed by atoms with van der Waals surface area (Å²) in [6.07, 6.45) is 0.593. The molecule has 0 saturated heterocycles. The second-order valence-corrected chi connectivity index (χ2v) is 4.00. The molecule has 78 valence electrons. The zero-order valence-electron chi connectivity index (χ0n) is 7.89. The van der Waals surface area contributed by atoms with E-state index in [0.717, 1.165) is 5.75 Å². The Hall–Kier alpha value is -1.36. The lowest BCUT2D eigenvalue weighted by Gasteiger charge is -2.16. The Morgan fingerprint density at radius 3 is 2.87 bits per heavy atom. The van der Waals surface area contributed by atoms with Crippen LogP contribution in [0.3, 0.4) is 0 Å². The number of thioether (sulfide) groups is 1. The molecule has 0 bridgehead atoms. The van der Waals surface area contributed by atoms with Gasteiger partial charge in [-0.05, 0) is 12.1 Å². The third kappa shape index (κ3) is 2.02. The topological polar surface area (TPSA) is 32.7 Å². The van der Waals surface area contributed by atoms with Crippen molar-refractivity contribution >= 4 is 29.0 Å². The second kappa shape index (κ2) is 4.44. The molecule has 1 aliphatic heterocycles. The fraction of sp³-hybridized carbons (Fsp3) is 0.200. The van der Waals surface area contributed by atoms with Gasteiger partial charge in [-0.3, -0.25) is 14.7 Å². The number of anilines is 1. The van der Waals surface area contributed by atoms with Gasteiger partial charge in [0.05, 0.1) is 12.2 Å². The summed E-state index contributed by atoms with van der Waals surface area (Å²) in [7, 11) is 0. The Kier molecular flexibility index (Phi) is 3.01. The highest BCUT2D eigenvalue weighted by atomic mass is 32.2. The van der Waals surface area contributed by atoms with Crippen molar-refractivity contribution in [2.75, 3.05) is 17.2 Å². The summed E-state index contributed by atoms with van der Waals surface area (Å²) >= 11 is 1.46. The number of amides is 1. The van der Waals surface area contributed by atoms with Crippen molar-refractivity contribution in [3.63, 3.8) is 0 Å². The molecule has 1 heterocycles. The third-order valence-corrected chi connectivity index (χ3v) is 2.96. The minimum atomic E-state index is -0.417. The number of benzene rings is 1. The minimum Gasteiger partial charge on any atom is -0.278 e. The molecule has 0 aromatic heterocycles. The number of rotatable bonds is 2. The van der Waals surface area contributed by atoms with E-state index >= 15 is 0 Å². The summed E-state index contributed by atoms with van der Waals surface area (Å²) in [4.78, 5) is 16.3. The van der Waals surface area contributed by atoms with Crippen LogP contribution < -0.4 is 4.90 Å². The van der Waals surface area contributed by atoms with Crippen molar-refractivity contribution in [1.82, 2.24) is 0 Å². The highest BCUT2D eigenvalue weighted by Gasteiger charge is 2.19. The zero-order chi connectivity index (χ0) is 10.7. The molecule has 15 heavy (non-hydrogen) atoms. The Labute approximate surface area is 91.0 Å². The molecule has 0 N–H and O–H groups in total. The lowest BCUT2D eigenvalue weighted by atomic mass is 10.3. The first-order chi connectivity index (χ1) is 7.33. The summed E-state index contributed by atoms with van der Waals surface area (Å²) in [6.45, 7) is 0.679. The van der Waals surface area contributed by atoms with Crippen molar-refractivity contribution in [2.45, 2.75) is 0 Å². The molecule has 1 aromatic carbocycles. The van der Waals surface area contributed by atoms with Crippen molar-refractivity contribution in [2.24, 2.45) is 4.99 Å². The third-order valence-electron chi connectivity index (χ3n) is 1.99. The number of para-hydroxylation sites is 1. The fourth-order valence-electron chi connectivity index (χ4n) is 1.32. The summed E-state index contributed by atoms with van der Waals surface area (Å²) in [6, 6.07) is 6.16. The highest BCUT2D eigenvalue weighted by molar-refractivity contribution is 8.14. The van der Waals surface area contributed by atoms with Gasteiger partial charge in [0.15, 0.2) is 5.17 Å². The van der Waals surface area contributed by atoms with Crippen LogP contribution in [0.5, 0.6) is 0 Å². The van der Waals surface area contributed by atoms with E-state index in [1.165, 1.54) is 22.7 Å². The Morgan fingerprint density at radius 2 is 2.27 bits per heavy atom. The number of carbonyl (C=O) groups excluding carboxylic acids is 1. The maximum atomic E-state index is 13.4. The van der Waals surface area contributed by atoms with Crippen LogP contribution in [0.15, 0.2) is 29.3 Å². The fourth-order valence-corrected chi connectivity index (χ4v) is 2.15. The maximum absolute atomic E-state index is 13.4. The number of hydrogen-bond acceptors (Lipinski definition) is 3. The van der Waals surface area contributed by atoms with E-state index < -0.39 is 5.82 Å². The molecule has 5 heteroatoms. The largest absolute Gasteiger partial charge is 0.278 e. The van der Waals surface area contributed by atoms with Crippen molar-refractivity contribution < 1.29 is 9.18 Å². The smallest absolute Gasteiger partial charge is 0.220 e. The molecule has 0 spiro atoms. The summed E-state index contributed by atoms with van der Waals surface area (Å²) in [5, 5.41) is 0.565. The van der Waals surface area contributed by atoms with Gasteiger partial charge in [0.25, 0.3) is 0 Å². The Morgan fingerprint density at radius 1 is 1.47 bits per heavy atom. The molecule has 0 unspecified atom stereocenters. The molecule has 1 aliphatic rings. The number of halogens is 1. The molecule has 0 atom stereocenters. The van der Waals surface area contributed by atoms with Gasteiger partial charge >= 0.3 is 0 Å². The van der Waals surface area contributed by atoms with Crippen LogP contribution in [0.1, 0.15) is 0 Å². The van der Waals surface area contributed by atoms with Crippen molar-refractivity contribution in [3.05, 3.63) is 30.1 Å². The molecule has 3 nitrogen and oxygen atoms in total. The van der Waals surface area contributed by atoms with Crippen LogP contribution in [0.25, 0.3) is 0 Å². The first kappa shape index (κ1) is 10.2. The van der Waals surface area contributed by atoms with E-state index in [0.29, 0.717) is 18.1 Å². The van der Waals surface area contributed by atoms with E-state index in [4.69, 9.17) is 0 Å². The first-order valence-electron chi connectivity index (χ1n) is 4.49. The molecule has 0 fully saturated rings. The van der Waals surface area contributed by atoms with E-state index in [-0.39, 0.29) is 5.69 Å². The predicted octanol–water partition coefficient (Wildman–Crippen LogP) is 1.89. The van der Waals surface area contributed by atoms with Gasteiger partial charge in [-0.2, -0.15) is 0 Å². The number of hydrogen-bond donors (Lipinski definition) is 0. The zero-order valence-corrected chi connectivity index (χ0v) is 8.71. The number of amidine groups is 1. The predicted molar refractivity (Wildman–Crippen MR) is 59.7 cm³/mol. The molecular formula is C10H9FN2OS. The van der Waals surface area contributed by atoms with Gasteiger partial charge in [0.2, 0.25) is 6.41 Å². The Balaban J connectivity index is 2.34. The summed E-state index contributed by atoms with van der Waals surface area (Å²) in [5.74, 6) is 0.425. The van der Waals surface area contributed by atoms with Crippen molar-refractivity contribution in [1.29, 1.82) is 0 Å². The SMILES string of the molecule is O=CN(C1=NCCS1)c1ccccc1F. The molecule has 0 saturated carbocycles. The van der Waals surface area contributed by atoms with Crippen molar-refractivity contribution in [3.8, 4) is 0 Å². The van der Waals surface area contributed by atoms with Gasteiger partial charge in [0, 0.05) is 5.75 Å². The minimum absolute atomic E-state index is 0.251. The quantitative estimate of drug-likeness (QED) is 0.719. The molecule has 0 radical (unpaired) electrons.